The summed E-state index contributed by atoms with van der Waals surface area (Å²) in [5.41, 5.74) is 3.72. The second-order valence-corrected chi connectivity index (χ2v) is 7.28. The number of thiophene rings is 1. The Morgan fingerprint density at radius 1 is 1.42 bits per heavy atom. The average molecular weight is 342 g/mol. The first-order chi connectivity index (χ1) is 9.02. The zero-order valence-corrected chi connectivity index (χ0v) is 14.2. The molecule has 1 atom stereocenters. The zero-order valence-electron chi connectivity index (χ0n) is 11.8. The molecule has 104 valence electrons. The maximum atomic E-state index is 4.53. The van der Waals surface area contributed by atoms with E-state index in [2.05, 4.69) is 59.2 Å². The molecule has 2 aromatic heterocycles. The van der Waals surface area contributed by atoms with Crippen molar-refractivity contribution in [2.45, 2.75) is 33.2 Å². The van der Waals surface area contributed by atoms with E-state index in [4.69, 9.17) is 0 Å². The topological polar surface area (TPSA) is 29.9 Å². The molecule has 0 amide bonds. The SMILES string of the molecule is CCNC(Cc1ccc(Br)s1)c1c(C)nn(C)c1C. The van der Waals surface area contributed by atoms with Gasteiger partial charge in [0.2, 0.25) is 0 Å². The van der Waals surface area contributed by atoms with Gasteiger partial charge in [-0.05, 0) is 48.5 Å². The highest BCUT2D eigenvalue weighted by Gasteiger charge is 2.20. The van der Waals surface area contributed by atoms with E-state index in [1.54, 1.807) is 11.3 Å². The molecule has 0 saturated heterocycles. The number of halogens is 1. The summed E-state index contributed by atoms with van der Waals surface area (Å²) in [4.78, 5) is 1.39. The summed E-state index contributed by atoms with van der Waals surface area (Å²) in [6.45, 7) is 7.35. The van der Waals surface area contributed by atoms with Gasteiger partial charge in [0.1, 0.15) is 0 Å². The first-order valence-corrected chi connectivity index (χ1v) is 8.11. The Hall–Kier alpha value is -0.650. The van der Waals surface area contributed by atoms with E-state index in [1.807, 2.05) is 11.7 Å². The Balaban J connectivity index is 2.29. The van der Waals surface area contributed by atoms with Crippen LogP contribution in [0.15, 0.2) is 15.9 Å². The lowest BCUT2D eigenvalue weighted by Gasteiger charge is -2.18. The highest BCUT2D eigenvalue weighted by molar-refractivity contribution is 9.11. The molecular formula is C14H20BrN3S. The number of nitrogens with one attached hydrogen (secondary N) is 1. The van der Waals surface area contributed by atoms with Crippen LogP contribution in [-0.4, -0.2) is 16.3 Å². The Kier molecular flexibility index (Phi) is 4.81. The number of nitrogens with zero attached hydrogens (tertiary/aromatic N) is 2. The fourth-order valence-electron chi connectivity index (χ4n) is 2.48. The molecule has 0 aliphatic carbocycles. The third kappa shape index (κ3) is 3.27. The van der Waals surface area contributed by atoms with Gasteiger partial charge in [0.15, 0.2) is 0 Å². The van der Waals surface area contributed by atoms with Crippen LogP contribution < -0.4 is 5.32 Å². The Morgan fingerprint density at radius 2 is 2.16 bits per heavy atom. The number of hydrogen-bond donors (Lipinski definition) is 1. The number of rotatable bonds is 5. The third-order valence-electron chi connectivity index (χ3n) is 3.40. The second-order valence-electron chi connectivity index (χ2n) is 4.73. The van der Waals surface area contributed by atoms with Crippen molar-refractivity contribution < 1.29 is 0 Å². The predicted molar refractivity (Wildman–Crippen MR) is 84.8 cm³/mol. The van der Waals surface area contributed by atoms with Crippen molar-refractivity contribution in [1.82, 2.24) is 15.1 Å². The molecule has 2 rings (SSSR count). The predicted octanol–water partition coefficient (Wildman–Crippen LogP) is 3.75. The molecular weight excluding hydrogens is 322 g/mol. The van der Waals surface area contributed by atoms with Crippen molar-refractivity contribution in [3.63, 3.8) is 0 Å². The zero-order chi connectivity index (χ0) is 14.0. The highest BCUT2D eigenvalue weighted by Crippen LogP contribution is 2.29. The molecule has 0 radical (unpaired) electrons. The summed E-state index contributed by atoms with van der Waals surface area (Å²) in [6.07, 6.45) is 1.01. The molecule has 0 bridgehead atoms. The van der Waals surface area contributed by atoms with Gasteiger partial charge in [-0.2, -0.15) is 5.10 Å². The van der Waals surface area contributed by atoms with Crippen molar-refractivity contribution in [1.29, 1.82) is 0 Å². The molecule has 0 saturated carbocycles. The van der Waals surface area contributed by atoms with Crippen molar-refractivity contribution in [2.24, 2.45) is 7.05 Å². The molecule has 2 heterocycles. The number of aryl methyl sites for hydroxylation is 2. The summed E-state index contributed by atoms with van der Waals surface area (Å²) < 4.78 is 3.16. The van der Waals surface area contributed by atoms with E-state index < -0.39 is 0 Å². The summed E-state index contributed by atoms with van der Waals surface area (Å²) in [5.74, 6) is 0. The van der Waals surface area contributed by atoms with Crippen molar-refractivity contribution in [3.05, 3.63) is 37.7 Å². The van der Waals surface area contributed by atoms with Crippen LogP contribution in [0, 0.1) is 13.8 Å². The molecule has 0 aliphatic rings. The molecule has 1 N–H and O–H groups in total. The van der Waals surface area contributed by atoms with E-state index in [0.29, 0.717) is 6.04 Å². The Labute approximate surface area is 127 Å². The smallest absolute Gasteiger partial charge is 0.0701 e. The lowest BCUT2D eigenvalue weighted by atomic mass is 10.0. The molecule has 0 aromatic carbocycles. The molecule has 3 nitrogen and oxygen atoms in total. The van der Waals surface area contributed by atoms with Crippen LogP contribution >= 0.6 is 27.3 Å². The minimum atomic E-state index is 0.337. The van der Waals surface area contributed by atoms with Crippen LogP contribution in [-0.2, 0) is 13.5 Å². The van der Waals surface area contributed by atoms with E-state index in [0.717, 1.165) is 18.7 Å². The third-order valence-corrected chi connectivity index (χ3v) is 5.04. The summed E-state index contributed by atoms with van der Waals surface area (Å²) >= 11 is 5.34. The van der Waals surface area contributed by atoms with Gasteiger partial charge in [-0.1, -0.05) is 6.92 Å². The largest absolute Gasteiger partial charge is 0.310 e. The van der Waals surface area contributed by atoms with Gasteiger partial charge in [-0.3, -0.25) is 4.68 Å². The van der Waals surface area contributed by atoms with Gasteiger partial charge in [0.05, 0.1) is 9.48 Å². The molecule has 0 spiro atoms. The van der Waals surface area contributed by atoms with Gasteiger partial charge in [0, 0.05) is 35.6 Å². The summed E-state index contributed by atoms with van der Waals surface area (Å²) in [7, 11) is 2.01. The first kappa shape index (κ1) is 14.8. The first-order valence-electron chi connectivity index (χ1n) is 6.50. The maximum absolute atomic E-state index is 4.53. The standard InChI is InChI=1S/C14H20BrN3S/c1-5-16-12(8-11-6-7-13(15)19-11)14-9(2)17-18(4)10(14)3/h6-7,12,16H,5,8H2,1-4H3. The molecule has 1 unspecified atom stereocenters. The van der Waals surface area contributed by atoms with Crippen LogP contribution in [0.2, 0.25) is 0 Å². The molecule has 2 aromatic rings. The fraction of sp³-hybridized carbons (Fsp3) is 0.500. The Bertz CT molecular complexity index is 559. The maximum Gasteiger partial charge on any atom is 0.0701 e. The van der Waals surface area contributed by atoms with Crippen LogP contribution in [0.4, 0.5) is 0 Å². The average Bonchev–Trinajstić information content (AvgIpc) is 2.84. The van der Waals surface area contributed by atoms with Gasteiger partial charge in [0.25, 0.3) is 0 Å². The summed E-state index contributed by atoms with van der Waals surface area (Å²) in [6, 6.07) is 4.65. The van der Waals surface area contributed by atoms with Crippen LogP contribution in [0.1, 0.15) is 34.8 Å². The van der Waals surface area contributed by atoms with Gasteiger partial charge in [-0.15, -0.1) is 11.3 Å². The van der Waals surface area contributed by atoms with E-state index in [1.165, 1.54) is 19.9 Å². The van der Waals surface area contributed by atoms with Crippen molar-refractivity contribution in [2.75, 3.05) is 6.54 Å². The van der Waals surface area contributed by atoms with Crippen LogP contribution in [0.5, 0.6) is 0 Å². The minimum absolute atomic E-state index is 0.337. The van der Waals surface area contributed by atoms with E-state index >= 15 is 0 Å². The normalized spacial score (nSPS) is 12.9. The second kappa shape index (κ2) is 6.20. The molecule has 19 heavy (non-hydrogen) atoms. The monoisotopic (exact) mass is 341 g/mol. The van der Waals surface area contributed by atoms with Gasteiger partial charge in [-0.25, -0.2) is 0 Å². The minimum Gasteiger partial charge on any atom is -0.310 e. The molecule has 0 fully saturated rings. The van der Waals surface area contributed by atoms with Crippen molar-refractivity contribution >= 4 is 27.3 Å². The van der Waals surface area contributed by atoms with Gasteiger partial charge < -0.3 is 5.32 Å². The highest BCUT2D eigenvalue weighted by atomic mass is 79.9. The lowest BCUT2D eigenvalue weighted by molar-refractivity contribution is 0.547. The summed E-state index contributed by atoms with van der Waals surface area (Å²) in [5, 5.41) is 8.12. The Morgan fingerprint density at radius 3 is 2.63 bits per heavy atom. The van der Waals surface area contributed by atoms with Crippen LogP contribution in [0.3, 0.4) is 0 Å². The van der Waals surface area contributed by atoms with Crippen LogP contribution in [0.25, 0.3) is 0 Å². The van der Waals surface area contributed by atoms with E-state index in [-0.39, 0.29) is 0 Å². The van der Waals surface area contributed by atoms with Gasteiger partial charge >= 0.3 is 0 Å². The number of hydrogen-bond acceptors (Lipinski definition) is 3. The van der Waals surface area contributed by atoms with Crippen molar-refractivity contribution in [3.8, 4) is 0 Å². The fourth-order valence-corrected chi connectivity index (χ4v) is 4.01. The lowest BCUT2D eigenvalue weighted by Crippen LogP contribution is -2.23. The molecule has 0 aliphatic heterocycles. The molecule has 5 heteroatoms. The number of likely N-dealkylation sites (N-methyl/N-ethyl adjacent to an activating group) is 1. The number of aromatic nitrogens is 2. The quantitative estimate of drug-likeness (QED) is 0.897. The van der Waals surface area contributed by atoms with E-state index in [9.17, 15) is 0 Å².